The molecule has 0 aliphatic rings. The number of hydrogen-bond acceptors (Lipinski definition) is 2. The lowest BCUT2D eigenvalue weighted by atomic mass is 10.1. The molecule has 2 nitrogen and oxygen atoms in total. The zero-order chi connectivity index (χ0) is 13.0. The van der Waals surface area contributed by atoms with E-state index in [1.54, 1.807) is 0 Å². The largest absolute Gasteiger partial charge is 0.381 e. The standard InChI is InChI=1S/C16H20N2/c1-12-3-4-13(2)16(9-12)18-11-15-7-5-14(10-17)6-8-15/h3-9,18H,10-11,17H2,1-2H3. The van der Waals surface area contributed by atoms with Gasteiger partial charge >= 0.3 is 0 Å². The van der Waals surface area contributed by atoms with E-state index in [0.717, 1.165) is 6.54 Å². The lowest BCUT2D eigenvalue weighted by molar-refractivity contribution is 1.06. The second-order valence-corrected chi connectivity index (χ2v) is 4.69. The maximum absolute atomic E-state index is 5.59. The van der Waals surface area contributed by atoms with E-state index in [1.165, 1.54) is 27.9 Å². The summed E-state index contributed by atoms with van der Waals surface area (Å²) < 4.78 is 0. The highest BCUT2D eigenvalue weighted by atomic mass is 14.9. The van der Waals surface area contributed by atoms with Gasteiger partial charge in [0.15, 0.2) is 0 Å². The fourth-order valence-corrected chi connectivity index (χ4v) is 1.92. The van der Waals surface area contributed by atoms with Crippen LogP contribution >= 0.6 is 0 Å². The van der Waals surface area contributed by atoms with Gasteiger partial charge in [-0.1, -0.05) is 36.4 Å². The predicted octanol–water partition coefficient (Wildman–Crippen LogP) is 3.37. The van der Waals surface area contributed by atoms with Crippen LogP contribution in [0.2, 0.25) is 0 Å². The van der Waals surface area contributed by atoms with E-state index in [0.29, 0.717) is 6.54 Å². The fourth-order valence-electron chi connectivity index (χ4n) is 1.92. The number of aryl methyl sites for hydroxylation is 2. The van der Waals surface area contributed by atoms with Gasteiger partial charge in [-0.05, 0) is 42.2 Å². The summed E-state index contributed by atoms with van der Waals surface area (Å²) in [4.78, 5) is 0. The smallest absolute Gasteiger partial charge is 0.0400 e. The van der Waals surface area contributed by atoms with Gasteiger partial charge in [0.1, 0.15) is 0 Å². The summed E-state index contributed by atoms with van der Waals surface area (Å²) in [6.45, 7) is 5.68. The van der Waals surface area contributed by atoms with Crippen LogP contribution in [0.15, 0.2) is 42.5 Å². The van der Waals surface area contributed by atoms with Crippen molar-refractivity contribution in [3.8, 4) is 0 Å². The van der Waals surface area contributed by atoms with E-state index >= 15 is 0 Å². The summed E-state index contributed by atoms with van der Waals surface area (Å²) in [6.07, 6.45) is 0. The molecule has 0 saturated carbocycles. The van der Waals surface area contributed by atoms with Crippen LogP contribution in [0.1, 0.15) is 22.3 Å². The minimum absolute atomic E-state index is 0.602. The van der Waals surface area contributed by atoms with Gasteiger partial charge in [0.25, 0.3) is 0 Å². The van der Waals surface area contributed by atoms with Crippen molar-refractivity contribution in [1.29, 1.82) is 0 Å². The monoisotopic (exact) mass is 240 g/mol. The molecule has 94 valence electrons. The van der Waals surface area contributed by atoms with Crippen LogP contribution in [-0.2, 0) is 13.1 Å². The Balaban J connectivity index is 2.04. The van der Waals surface area contributed by atoms with Crippen molar-refractivity contribution in [2.24, 2.45) is 5.73 Å². The molecule has 0 aliphatic heterocycles. The molecule has 0 spiro atoms. The van der Waals surface area contributed by atoms with Crippen LogP contribution in [0.25, 0.3) is 0 Å². The molecule has 0 heterocycles. The molecule has 0 unspecified atom stereocenters. The van der Waals surface area contributed by atoms with Gasteiger partial charge in [0, 0.05) is 18.8 Å². The first-order valence-corrected chi connectivity index (χ1v) is 6.28. The third-order valence-electron chi connectivity index (χ3n) is 3.13. The van der Waals surface area contributed by atoms with Crippen molar-refractivity contribution in [1.82, 2.24) is 0 Å². The van der Waals surface area contributed by atoms with Gasteiger partial charge in [-0.2, -0.15) is 0 Å². The molecule has 2 aromatic rings. The Hall–Kier alpha value is -1.80. The minimum Gasteiger partial charge on any atom is -0.381 e. The van der Waals surface area contributed by atoms with Crippen LogP contribution in [-0.4, -0.2) is 0 Å². The van der Waals surface area contributed by atoms with E-state index in [-0.39, 0.29) is 0 Å². The summed E-state index contributed by atoms with van der Waals surface area (Å²) in [7, 11) is 0. The topological polar surface area (TPSA) is 38.0 Å². The van der Waals surface area contributed by atoms with Gasteiger partial charge in [0.05, 0.1) is 0 Å². The van der Waals surface area contributed by atoms with Gasteiger partial charge in [-0.25, -0.2) is 0 Å². The molecule has 2 aromatic carbocycles. The summed E-state index contributed by atoms with van der Waals surface area (Å²) in [5, 5.41) is 3.48. The van der Waals surface area contributed by atoms with Gasteiger partial charge in [-0.3, -0.25) is 0 Å². The molecule has 0 aromatic heterocycles. The summed E-state index contributed by atoms with van der Waals surface area (Å²) >= 11 is 0. The number of anilines is 1. The zero-order valence-electron chi connectivity index (χ0n) is 11.0. The van der Waals surface area contributed by atoms with E-state index in [9.17, 15) is 0 Å². The highest BCUT2D eigenvalue weighted by Crippen LogP contribution is 2.17. The van der Waals surface area contributed by atoms with Crippen molar-refractivity contribution >= 4 is 5.69 Å². The van der Waals surface area contributed by atoms with Crippen molar-refractivity contribution < 1.29 is 0 Å². The number of hydrogen-bond donors (Lipinski definition) is 2. The Kier molecular flexibility index (Phi) is 4.00. The highest BCUT2D eigenvalue weighted by Gasteiger charge is 1.99. The molecule has 3 N–H and O–H groups in total. The molecule has 2 heteroatoms. The maximum atomic E-state index is 5.59. The van der Waals surface area contributed by atoms with E-state index in [4.69, 9.17) is 5.73 Å². The number of nitrogens with two attached hydrogens (primary N) is 1. The second-order valence-electron chi connectivity index (χ2n) is 4.69. The molecule has 0 atom stereocenters. The van der Waals surface area contributed by atoms with Crippen molar-refractivity contribution in [3.05, 3.63) is 64.7 Å². The van der Waals surface area contributed by atoms with Crippen LogP contribution in [0.5, 0.6) is 0 Å². The SMILES string of the molecule is Cc1ccc(C)c(NCc2ccc(CN)cc2)c1. The molecular weight excluding hydrogens is 220 g/mol. The van der Waals surface area contributed by atoms with Crippen molar-refractivity contribution in [2.75, 3.05) is 5.32 Å². The molecule has 0 amide bonds. The van der Waals surface area contributed by atoms with E-state index in [1.807, 2.05) is 0 Å². The molecule has 0 saturated heterocycles. The van der Waals surface area contributed by atoms with Gasteiger partial charge in [0.2, 0.25) is 0 Å². The van der Waals surface area contributed by atoms with E-state index < -0.39 is 0 Å². The Labute approximate surface area is 109 Å². The Morgan fingerprint density at radius 1 is 0.944 bits per heavy atom. The third kappa shape index (κ3) is 3.11. The Morgan fingerprint density at radius 2 is 1.61 bits per heavy atom. The van der Waals surface area contributed by atoms with Gasteiger partial charge < -0.3 is 11.1 Å². The predicted molar refractivity (Wildman–Crippen MR) is 77.6 cm³/mol. The molecule has 0 bridgehead atoms. The number of rotatable bonds is 4. The Morgan fingerprint density at radius 3 is 2.28 bits per heavy atom. The van der Waals surface area contributed by atoms with Crippen LogP contribution in [0.4, 0.5) is 5.69 Å². The molecular formula is C16H20N2. The van der Waals surface area contributed by atoms with Crippen LogP contribution in [0.3, 0.4) is 0 Å². The molecule has 0 radical (unpaired) electrons. The third-order valence-corrected chi connectivity index (χ3v) is 3.13. The van der Waals surface area contributed by atoms with Gasteiger partial charge in [-0.15, -0.1) is 0 Å². The fraction of sp³-hybridized carbons (Fsp3) is 0.250. The molecule has 18 heavy (non-hydrogen) atoms. The maximum Gasteiger partial charge on any atom is 0.0400 e. The molecule has 0 fully saturated rings. The highest BCUT2D eigenvalue weighted by molar-refractivity contribution is 5.52. The summed E-state index contributed by atoms with van der Waals surface area (Å²) in [5.74, 6) is 0. The zero-order valence-corrected chi connectivity index (χ0v) is 11.0. The first kappa shape index (κ1) is 12.7. The summed E-state index contributed by atoms with van der Waals surface area (Å²) in [5.41, 5.74) is 11.8. The van der Waals surface area contributed by atoms with Crippen molar-refractivity contribution in [2.45, 2.75) is 26.9 Å². The van der Waals surface area contributed by atoms with Crippen LogP contribution in [0, 0.1) is 13.8 Å². The normalized spacial score (nSPS) is 10.4. The Bertz CT molecular complexity index is 515. The number of nitrogens with one attached hydrogen (secondary N) is 1. The van der Waals surface area contributed by atoms with Crippen molar-refractivity contribution in [3.63, 3.8) is 0 Å². The minimum atomic E-state index is 0.602. The van der Waals surface area contributed by atoms with Crippen LogP contribution < -0.4 is 11.1 Å². The van der Waals surface area contributed by atoms with E-state index in [2.05, 4.69) is 61.6 Å². The quantitative estimate of drug-likeness (QED) is 0.860. The first-order chi connectivity index (χ1) is 8.69. The lowest BCUT2D eigenvalue weighted by Gasteiger charge is -2.11. The summed E-state index contributed by atoms with van der Waals surface area (Å²) in [6, 6.07) is 14.9. The average molecular weight is 240 g/mol. The first-order valence-electron chi connectivity index (χ1n) is 6.28. The number of benzene rings is 2. The molecule has 0 aliphatic carbocycles. The second kappa shape index (κ2) is 5.69. The lowest BCUT2D eigenvalue weighted by Crippen LogP contribution is -2.02. The molecule has 2 rings (SSSR count). The average Bonchev–Trinajstić information content (AvgIpc) is 2.40.